The number of carbonyl (C=O) groups excluding carboxylic acids is 3. The van der Waals surface area contributed by atoms with Crippen molar-refractivity contribution in [1.82, 2.24) is 5.32 Å². The van der Waals surface area contributed by atoms with Crippen LogP contribution < -0.4 is 25.4 Å². The highest BCUT2D eigenvalue weighted by Gasteiger charge is 2.23. The Kier molecular flexibility index (Phi) is 6.74. The number of amides is 3. The van der Waals surface area contributed by atoms with E-state index in [1.165, 1.54) is 20.3 Å². The highest BCUT2D eigenvalue weighted by molar-refractivity contribution is 6.04. The standard InChI is InChI=1S/C21H23N3O6/c1-28-18-11-13(3-10-17(18)30-12-19(25)29-2)20(26)22-14-4-6-15(7-5-14)23-21(27)24-16-8-9-16/h3-7,10-11,16H,8-9,12H2,1-2H3,(H,22,26)(H2,23,24,27). The maximum Gasteiger partial charge on any atom is 0.343 e. The van der Waals surface area contributed by atoms with E-state index in [4.69, 9.17) is 9.47 Å². The largest absolute Gasteiger partial charge is 0.493 e. The van der Waals surface area contributed by atoms with Crippen LogP contribution in [-0.4, -0.2) is 44.8 Å². The van der Waals surface area contributed by atoms with Crippen molar-refractivity contribution in [2.75, 3.05) is 31.5 Å². The number of urea groups is 1. The van der Waals surface area contributed by atoms with Crippen molar-refractivity contribution in [3.63, 3.8) is 0 Å². The minimum Gasteiger partial charge on any atom is -0.493 e. The molecule has 0 aliphatic heterocycles. The number of esters is 1. The molecule has 0 heterocycles. The SMILES string of the molecule is COC(=O)COc1ccc(C(=O)Nc2ccc(NC(=O)NC3CC3)cc2)cc1OC. The van der Waals surface area contributed by atoms with Crippen molar-refractivity contribution in [2.45, 2.75) is 18.9 Å². The Hall–Kier alpha value is -3.75. The maximum absolute atomic E-state index is 12.5. The van der Waals surface area contributed by atoms with Gasteiger partial charge in [-0.2, -0.15) is 0 Å². The third-order valence-electron chi connectivity index (χ3n) is 4.31. The van der Waals surface area contributed by atoms with Crippen LogP contribution in [0.1, 0.15) is 23.2 Å². The highest BCUT2D eigenvalue weighted by Crippen LogP contribution is 2.28. The summed E-state index contributed by atoms with van der Waals surface area (Å²) in [5.41, 5.74) is 1.54. The lowest BCUT2D eigenvalue weighted by Gasteiger charge is -2.12. The molecule has 158 valence electrons. The third kappa shape index (κ3) is 5.87. The van der Waals surface area contributed by atoms with Crippen molar-refractivity contribution in [2.24, 2.45) is 0 Å². The van der Waals surface area contributed by atoms with Gasteiger partial charge in [-0.1, -0.05) is 0 Å². The van der Waals surface area contributed by atoms with Gasteiger partial charge in [-0.15, -0.1) is 0 Å². The predicted octanol–water partition coefficient (Wildman–Crippen LogP) is 2.78. The van der Waals surface area contributed by atoms with Crippen molar-refractivity contribution < 1.29 is 28.6 Å². The number of ether oxygens (including phenoxy) is 3. The topological polar surface area (TPSA) is 115 Å². The van der Waals surface area contributed by atoms with Gasteiger partial charge >= 0.3 is 12.0 Å². The van der Waals surface area contributed by atoms with E-state index >= 15 is 0 Å². The summed E-state index contributed by atoms with van der Waals surface area (Å²) in [6.07, 6.45) is 2.03. The lowest BCUT2D eigenvalue weighted by molar-refractivity contribution is -0.142. The molecular weight excluding hydrogens is 390 g/mol. The molecule has 0 spiro atoms. The predicted molar refractivity (Wildman–Crippen MR) is 110 cm³/mol. The molecule has 9 nitrogen and oxygen atoms in total. The zero-order valence-corrected chi connectivity index (χ0v) is 16.7. The number of hydrogen-bond acceptors (Lipinski definition) is 6. The number of carbonyl (C=O) groups is 3. The zero-order valence-electron chi connectivity index (χ0n) is 16.7. The molecule has 1 aliphatic carbocycles. The van der Waals surface area contributed by atoms with Gasteiger partial charge < -0.3 is 30.2 Å². The van der Waals surface area contributed by atoms with Gasteiger partial charge in [0.25, 0.3) is 5.91 Å². The molecule has 1 fully saturated rings. The van der Waals surface area contributed by atoms with Crippen molar-refractivity contribution >= 4 is 29.3 Å². The van der Waals surface area contributed by atoms with Crippen molar-refractivity contribution in [3.05, 3.63) is 48.0 Å². The van der Waals surface area contributed by atoms with E-state index in [0.29, 0.717) is 28.4 Å². The highest BCUT2D eigenvalue weighted by atomic mass is 16.6. The molecule has 0 atom stereocenters. The van der Waals surface area contributed by atoms with E-state index in [1.807, 2.05) is 0 Å². The van der Waals surface area contributed by atoms with Crippen LogP contribution in [0.4, 0.5) is 16.2 Å². The van der Waals surface area contributed by atoms with Crippen LogP contribution in [0.15, 0.2) is 42.5 Å². The fraction of sp³-hybridized carbons (Fsp3) is 0.286. The summed E-state index contributed by atoms with van der Waals surface area (Å²) in [7, 11) is 2.70. The molecule has 1 saturated carbocycles. The lowest BCUT2D eigenvalue weighted by atomic mass is 10.1. The van der Waals surface area contributed by atoms with E-state index in [0.717, 1.165) is 12.8 Å². The average Bonchev–Trinajstić information content (AvgIpc) is 3.56. The van der Waals surface area contributed by atoms with Crippen LogP contribution >= 0.6 is 0 Å². The monoisotopic (exact) mass is 413 g/mol. The van der Waals surface area contributed by atoms with Gasteiger partial charge in [0.2, 0.25) is 0 Å². The summed E-state index contributed by atoms with van der Waals surface area (Å²) in [4.78, 5) is 35.5. The molecule has 30 heavy (non-hydrogen) atoms. The van der Waals surface area contributed by atoms with E-state index in [1.54, 1.807) is 36.4 Å². The first-order valence-corrected chi connectivity index (χ1v) is 9.35. The number of hydrogen-bond donors (Lipinski definition) is 3. The Morgan fingerprint density at radius 3 is 2.20 bits per heavy atom. The number of rotatable bonds is 8. The summed E-state index contributed by atoms with van der Waals surface area (Å²) in [5.74, 6) is -0.242. The number of anilines is 2. The van der Waals surface area contributed by atoms with Crippen LogP contribution in [0.3, 0.4) is 0 Å². The molecule has 0 unspecified atom stereocenters. The van der Waals surface area contributed by atoms with Crippen LogP contribution in [-0.2, 0) is 9.53 Å². The molecule has 0 saturated heterocycles. The normalized spacial score (nSPS) is 12.5. The van der Waals surface area contributed by atoms with Gasteiger partial charge in [-0.05, 0) is 55.3 Å². The molecule has 3 N–H and O–H groups in total. The smallest absolute Gasteiger partial charge is 0.343 e. The molecule has 9 heteroatoms. The van der Waals surface area contributed by atoms with Gasteiger partial charge in [0.1, 0.15) is 0 Å². The fourth-order valence-corrected chi connectivity index (χ4v) is 2.54. The Morgan fingerprint density at radius 2 is 1.60 bits per heavy atom. The first-order chi connectivity index (χ1) is 14.5. The Labute approximate surface area is 173 Å². The number of benzene rings is 2. The average molecular weight is 413 g/mol. The second-order valence-corrected chi connectivity index (χ2v) is 6.63. The van der Waals surface area contributed by atoms with E-state index in [-0.39, 0.29) is 24.6 Å². The molecule has 3 amide bonds. The summed E-state index contributed by atoms with van der Waals surface area (Å²) in [5, 5.41) is 8.36. The van der Waals surface area contributed by atoms with Gasteiger partial charge in [0.15, 0.2) is 18.1 Å². The molecule has 3 rings (SSSR count). The van der Waals surface area contributed by atoms with Crippen molar-refractivity contribution in [1.29, 1.82) is 0 Å². The van der Waals surface area contributed by atoms with Gasteiger partial charge in [-0.3, -0.25) is 4.79 Å². The third-order valence-corrected chi connectivity index (χ3v) is 4.31. The van der Waals surface area contributed by atoms with Crippen molar-refractivity contribution in [3.8, 4) is 11.5 Å². The fourth-order valence-electron chi connectivity index (χ4n) is 2.54. The van der Waals surface area contributed by atoms with Gasteiger partial charge in [0.05, 0.1) is 14.2 Å². The number of nitrogens with one attached hydrogen (secondary N) is 3. The molecule has 0 aromatic heterocycles. The van der Waals surface area contributed by atoms with Crippen LogP contribution in [0, 0.1) is 0 Å². The molecule has 2 aromatic rings. The summed E-state index contributed by atoms with van der Waals surface area (Å²) >= 11 is 0. The molecule has 1 aliphatic rings. The Bertz CT molecular complexity index is 925. The second kappa shape index (κ2) is 9.64. The minimum absolute atomic E-state index is 0.240. The first-order valence-electron chi connectivity index (χ1n) is 9.35. The maximum atomic E-state index is 12.5. The summed E-state index contributed by atoms with van der Waals surface area (Å²) in [6.45, 7) is -0.266. The Balaban J connectivity index is 1.59. The molecule has 0 bridgehead atoms. The Morgan fingerprint density at radius 1 is 0.933 bits per heavy atom. The van der Waals surface area contributed by atoms with Gasteiger partial charge in [-0.25, -0.2) is 9.59 Å². The van der Waals surface area contributed by atoms with E-state index < -0.39 is 5.97 Å². The second-order valence-electron chi connectivity index (χ2n) is 6.63. The van der Waals surface area contributed by atoms with E-state index in [2.05, 4.69) is 20.7 Å². The summed E-state index contributed by atoms with van der Waals surface area (Å²) < 4.78 is 15.1. The lowest BCUT2D eigenvalue weighted by Crippen LogP contribution is -2.30. The molecule has 2 aromatic carbocycles. The summed E-state index contributed by atoms with van der Waals surface area (Å²) in [6, 6.07) is 11.4. The first kappa shape index (κ1) is 21.0. The van der Waals surface area contributed by atoms with Crippen LogP contribution in [0.25, 0.3) is 0 Å². The van der Waals surface area contributed by atoms with Crippen LogP contribution in [0.5, 0.6) is 11.5 Å². The quantitative estimate of drug-likeness (QED) is 0.573. The number of methoxy groups -OCH3 is 2. The zero-order chi connectivity index (χ0) is 21.5. The molecule has 0 radical (unpaired) electrons. The van der Waals surface area contributed by atoms with Gasteiger partial charge in [0, 0.05) is 23.0 Å². The van der Waals surface area contributed by atoms with Crippen LogP contribution in [0.2, 0.25) is 0 Å². The molecular formula is C21H23N3O6. The van der Waals surface area contributed by atoms with E-state index in [9.17, 15) is 14.4 Å². The minimum atomic E-state index is -0.526.